The predicted octanol–water partition coefficient (Wildman–Crippen LogP) is 9.59. The van der Waals surface area contributed by atoms with Gasteiger partial charge in [-0.2, -0.15) is 0 Å². The summed E-state index contributed by atoms with van der Waals surface area (Å²) in [5, 5.41) is 12.8. The summed E-state index contributed by atoms with van der Waals surface area (Å²) in [5.41, 5.74) is 1.66. The van der Waals surface area contributed by atoms with Gasteiger partial charge in [-0.05, 0) is 125 Å². The molecule has 0 radical (unpaired) electrons. The highest BCUT2D eigenvalue weighted by atomic mass is 32.2. The fraction of sp³-hybridized carbons (Fsp3) is 0.373. The number of fused-ring (bicyclic) bond motifs is 4. The van der Waals surface area contributed by atoms with E-state index in [1.807, 2.05) is 6.08 Å². The number of Topliss-reactive ketones (excluding diaryl/α,β-unsaturated/α-hetero) is 1. The second kappa shape index (κ2) is 19.1. The molecule has 2 aliphatic carbocycles. The number of anilines is 4. The van der Waals surface area contributed by atoms with E-state index in [0.717, 1.165) is 25.7 Å². The molecule has 0 aromatic heterocycles. The maximum atomic E-state index is 13.6. The van der Waals surface area contributed by atoms with E-state index in [-0.39, 0.29) is 60.8 Å². The normalized spacial score (nSPS) is 19.5. The number of benzene rings is 4. The van der Waals surface area contributed by atoms with Crippen molar-refractivity contribution in [3.05, 3.63) is 108 Å². The zero-order valence-electron chi connectivity index (χ0n) is 38.3. The van der Waals surface area contributed by atoms with Gasteiger partial charge < -0.3 is 29.4 Å². The Hall–Kier alpha value is -6.14. The molecule has 4 aromatic rings. The van der Waals surface area contributed by atoms with E-state index in [0.29, 0.717) is 67.0 Å². The third-order valence-corrected chi connectivity index (χ3v) is 16.2. The molecule has 4 aromatic carbocycles. The second-order valence-electron chi connectivity index (χ2n) is 18.3. The molecule has 15 nitrogen and oxygen atoms in total. The van der Waals surface area contributed by atoms with E-state index < -0.39 is 49.1 Å². The number of allylic oxidation sites excluding steroid dienone is 2. The zero-order chi connectivity index (χ0) is 48.6. The minimum Gasteiger partial charge on any atom is -0.478 e. The highest BCUT2D eigenvalue weighted by molar-refractivity contribution is 7.92. The van der Waals surface area contributed by atoms with E-state index in [2.05, 4.69) is 5.32 Å². The van der Waals surface area contributed by atoms with Crippen molar-refractivity contribution >= 4 is 77.4 Å². The Balaban J connectivity index is 0.000000196. The molecule has 5 aliphatic rings. The third kappa shape index (κ3) is 9.88. The summed E-state index contributed by atoms with van der Waals surface area (Å²) in [7, 11) is -7.60. The lowest BCUT2D eigenvalue weighted by atomic mass is 9.83. The molecular weight excluding hydrogens is 913 g/mol. The molecule has 0 bridgehead atoms. The van der Waals surface area contributed by atoms with Crippen molar-refractivity contribution in [1.82, 2.24) is 0 Å². The molecule has 2 saturated carbocycles. The van der Waals surface area contributed by atoms with Crippen LogP contribution in [0.1, 0.15) is 90.2 Å². The lowest BCUT2D eigenvalue weighted by molar-refractivity contribution is -0.180. The van der Waals surface area contributed by atoms with Gasteiger partial charge in [0.05, 0.1) is 73.3 Å². The molecule has 0 atom stereocenters. The number of nitrogens with zero attached hydrogens (tertiary/aromatic N) is 1. The van der Waals surface area contributed by atoms with Crippen molar-refractivity contribution in [2.75, 3.05) is 30.0 Å². The van der Waals surface area contributed by atoms with E-state index in [9.17, 15) is 41.1 Å². The molecule has 3 heterocycles. The summed E-state index contributed by atoms with van der Waals surface area (Å²) >= 11 is 0. The summed E-state index contributed by atoms with van der Waals surface area (Å²) in [6, 6.07) is 22.1. The Morgan fingerprint density at radius 1 is 0.735 bits per heavy atom. The van der Waals surface area contributed by atoms with Gasteiger partial charge in [0, 0.05) is 25.7 Å². The van der Waals surface area contributed by atoms with Gasteiger partial charge in [-0.3, -0.25) is 4.79 Å². The van der Waals surface area contributed by atoms with Gasteiger partial charge in [-0.25, -0.2) is 36.1 Å². The minimum atomic E-state index is -3.94. The van der Waals surface area contributed by atoms with Crippen molar-refractivity contribution in [1.29, 1.82) is 0 Å². The SMILES string of the molecule is CCOC(=O)/C(=C/C1CCC2(CC1)OCCO2)c1ccc2c(c1)N(C(=O)OC(C)(C)C)c1ccccc1S2(=O)=O.O=C1CCC(/C=C(/C(=O)O)c2ccc3c(c2)Nc2ccccc2S3(=O)=O)CC1. The van der Waals surface area contributed by atoms with Crippen LogP contribution in [0.3, 0.4) is 0 Å². The molecule has 9 rings (SSSR count). The Kier molecular flexibility index (Phi) is 13.6. The van der Waals surface area contributed by atoms with Crippen LogP contribution in [0.4, 0.5) is 27.5 Å². The molecule has 2 N–H and O–H groups in total. The van der Waals surface area contributed by atoms with Gasteiger partial charge in [0.25, 0.3) is 0 Å². The summed E-state index contributed by atoms with van der Waals surface area (Å²) in [6.07, 6.45) is 8.05. The van der Waals surface area contributed by atoms with E-state index in [4.69, 9.17) is 18.9 Å². The number of rotatable bonds is 7. The van der Waals surface area contributed by atoms with E-state index in [1.54, 1.807) is 94.4 Å². The van der Waals surface area contributed by atoms with Crippen LogP contribution in [0, 0.1) is 11.8 Å². The number of nitrogens with one attached hydrogen (secondary N) is 1. The first-order chi connectivity index (χ1) is 32.3. The molecule has 1 spiro atoms. The maximum Gasteiger partial charge on any atom is 0.419 e. The Morgan fingerprint density at radius 2 is 1.28 bits per heavy atom. The first kappa shape index (κ1) is 48.3. The largest absolute Gasteiger partial charge is 0.478 e. The van der Waals surface area contributed by atoms with Gasteiger partial charge >= 0.3 is 18.0 Å². The number of hydrogen-bond acceptors (Lipinski definition) is 13. The molecule has 3 aliphatic heterocycles. The lowest BCUT2D eigenvalue weighted by Crippen LogP contribution is -2.37. The number of carbonyl (C=O) groups excluding carboxylic acids is 3. The Labute approximate surface area is 396 Å². The van der Waals surface area contributed by atoms with Gasteiger partial charge in [-0.1, -0.05) is 48.6 Å². The first-order valence-electron chi connectivity index (χ1n) is 22.7. The van der Waals surface area contributed by atoms with Crippen LogP contribution in [-0.2, 0) is 53.0 Å². The number of ether oxygens (including phenoxy) is 4. The van der Waals surface area contributed by atoms with Crippen molar-refractivity contribution in [2.24, 2.45) is 11.8 Å². The number of hydrogen-bond donors (Lipinski definition) is 2. The van der Waals surface area contributed by atoms with Crippen molar-refractivity contribution < 1.29 is 60.1 Å². The zero-order valence-corrected chi connectivity index (χ0v) is 39.9. The van der Waals surface area contributed by atoms with Crippen LogP contribution >= 0.6 is 0 Å². The van der Waals surface area contributed by atoms with Crippen LogP contribution in [0.15, 0.2) is 117 Å². The monoisotopic (exact) mass is 966 g/mol. The average Bonchev–Trinajstić information content (AvgIpc) is 3.75. The third-order valence-electron chi connectivity index (χ3n) is 12.5. The number of carbonyl (C=O) groups is 4. The van der Waals surface area contributed by atoms with Crippen LogP contribution in [-0.4, -0.2) is 77.0 Å². The van der Waals surface area contributed by atoms with Gasteiger partial charge in [0.1, 0.15) is 11.4 Å². The average molecular weight is 967 g/mol. The number of amides is 1. The summed E-state index contributed by atoms with van der Waals surface area (Å²) in [6.45, 7) is 8.32. The Bertz CT molecular complexity index is 2940. The second-order valence-corrected chi connectivity index (χ2v) is 22.1. The standard InChI is InChI=1S/C30H35NO8S.C21H19NO5S/c1-5-36-27(32)22(18-20-12-14-30(15-13-20)37-16-17-38-30)21-10-11-26-24(19-21)31(28(33)39-29(2,3)4)23-8-6-7-9-25(23)40(26,34)35;23-15-8-5-13(6-9-15)11-16(21(24)25)14-7-10-20-18(12-14)22-17-3-1-2-4-19(17)28(20,26)27/h6-11,18-20H,5,12-17H2,1-4H3;1-4,7,10-13,22H,5-6,8-9H2,(H,24,25)/b22-18+;16-11+. The maximum absolute atomic E-state index is 13.6. The first-order valence-corrected chi connectivity index (χ1v) is 25.7. The topological polar surface area (TPSA) is 209 Å². The van der Waals surface area contributed by atoms with Gasteiger partial charge in [0.2, 0.25) is 19.7 Å². The molecule has 1 amide bonds. The summed E-state index contributed by atoms with van der Waals surface area (Å²) < 4.78 is 75.7. The van der Waals surface area contributed by atoms with Crippen molar-refractivity contribution in [2.45, 2.75) is 110 Å². The number of carboxylic acids is 1. The number of aliphatic carboxylic acids is 1. The summed E-state index contributed by atoms with van der Waals surface area (Å²) in [5.74, 6) is -1.81. The molecule has 358 valence electrons. The molecule has 0 unspecified atom stereocenters. The van der Waals surface area contributed by atoms with Crippen LogP contribution in [0.25, 0.3) is 11.1 Å². The predicted molar refractivity (Wildman–Crippen MR) is 252 cm³/mol. The van der Waals surface area contributed by atoms with Crippen LogP contribution in [0.2, 0.25) is 0 Å². The van der Waals surface area contributed by atoms with Crippen molar-refractivity contribution in [3.63, 3.8) is 0 Å². The molecule has 17 heteroatoms. The van der Waals surface area contributed by atoms with Crippen LogP contribution < -0.4 is 10.2 Å². The Morgan fingerprint density at radius 3 is 1.93 bits per heavy atom. The number of ketones is 1. The number of para-hydroxylation sites is 2. The lowest BCUT2D eigenvalue weighted by Gasteiger charge is -2.34. The minimum absolute atomic E-state index is 0.00903. The van der Waals surface area contributed by atoms with Gasteiger partial charge in [0.15, 0.2) is 5.79 Å². The van der Waals surface area contributed by atoms with Gasteiger partial charge in [-0.15, -0.1) is 0 Å². The highest BCUT2D eigenvalue weighted by Crippen LogP contribution is 2.47. The van der Waals surface area contributed by atoms with E-state index in [1.165, 1.54) is 29.2 Å². The van der Waals surface area contributed by atoms with E-state index >= 15 is 0 Å². The molecule has 1 saturated heterocycles. The number of sulfone groups is 2. The quantitative estimate of drug-likeness (QED) is 0.115. The number of esters is 1. The number of carboxylic acid groups (broad SMARTS) is 1. The highest BCUT2D eigenvalue weighted by Gasteiger charge is 2.42. The molecular formula is C51H54N2O13S2. The van der Waals surface area contributed by atoms with Crippen molar-refractivity contribution in [3.8, 4) is 0 Å². The molecule has 68 heavy (non-hydrogen) atoms. The molecule has 3 fully saturated rings. The summed E-state index contributed by atoms with van der Waals surface area (Å²) in [4.78, 5) is 51.5. The fourth-order valence-corrected chi connectivity index (χ4v) is 12.4. The van der Waals surface area contributed by atoms with Crippen LogP contribution in [0.5, 0.6) is 0 Å². The smallest absolute Gasteiger partial charge is 0.419 e. The fourth-order valence-electron chi connectivity index (χ4n) is 9.22.